The molecule has 3 aliphatic heterocycles. The lowest BCUT2D eigenvalue weighted by Crippen LogP contribution is -2.50. The molecule has 0 bridgehead atoms. The van der Waals surface area contributed by atoms with Gasteiger partial charge < -0.3 is 4.90 Å². The topological polar surface area (TPSA) is 57.7 Å². The molecule has 1 aromatic carbocycles. The summed E-state index contributed by atoms with van der Waals surface area (Å²) >= 11 is 1.39. The van der Waals surface area contributed by atoms with Gasteiger partial charge in [0.05, 0.1) is 22.8 Å². The molecule has 154 valence electrons. The third kappa shape index (κ3) is 2.49. The molecule has 30 heavy (non-hydrogen) atoms. The third-order valence-electron chi connectivity index (χ3n) is 6.85. The minimum Gasteiger partial charge on any atom is -0.352 e. The van der Waals surface area contributed by atoms with E-state index in [4.69, 9.17) is 0 Å². The molecule has 2 aromatic rings. The zero-order chi connectivity index (χ0) is 21.2. The Labute approximate surface area is 180 Å². The molecular formula is C24H24N2O3S. The second-order valence-corrected chi connectivity index (χ2v) is 9.35. The fraction of sp³-hybridized carbons (Fsp3) is 0.375. The summed E-state index contributed by atoms with van der Waals surface area (Å²) in [5.74, 6) is -1.59. The van der Waals surface area contributed by atoms with Crippen molar-refractivity contribution in [2.45, 2.75) is 45.3 Å². The van der Waals surface area contributed by atoms with Crippen LogP contribution in [0.15, 0.2) is 47.9 Å². The van der Waals surface area contributed by atoms with Crippen LogP contribution in [0.25, 0.3) is 5.57 Å². The number of hydrogen-bond donors (Lipinski definition) is 0. The van der Waals surface area contributed by atoms with E-state index >= 15 is 0 Å². The van der Waals surface area contributed by atoms with Gasteiger partial charge in [-0.25, -0.2) is 0 Å². The molecule has 5 nitrogen and oxygen atoms in total. The number of benzene rings is 1. The Morgan fingerprint density at radius 3 is 2.53 bits per heavy atom. The second kappa shape index (κ2) is 6.91. The molecule has 2 fully saturated rings. The van der Waals surface area contributed by atoms with Crippen molar-refractivity contribution in [3.63, 3.8) is 0 Å². The molecule has 3 aliphatic rings. The molecule has 6 heteroatoms. The predicted molar refractivity (Wildman–Crippen MR) is 117 cm³/mol. The van der Waals surface area contributed by atoms with Gasteiger partial charge in [-0.05, 0) is 43.4 Å². The van der Waals surface area contributed by atoms with Gasteiger partial charge in [0, 0.05) is 17.3 Å². The van der Waals surface area contributed by atoms with Crippen molar-refractivity contribution in [3.05, 3.63) is 58.3 Å². The Morgan fingerprint density at radius 2 is 1.83 bits per heavy atom. The zero-order valence-corrected chi connectivity index (χ0v) is 18.1. The Bertz CT molecular complexity index is 1070. The zero-order valence-electron chi connectivity index (χ0n) is 17.2. The van der Waals surface area contributed by atoms with Crippen molar-refractivity contribution in [3.8, 4) is 0 Å². The smallest absolute Gasteiger partial charge is 0.236 e. The van der Waals surface area contributed by atoms with Gasteiger partial charge in [0.2, 0.25) is 11.8 Å². The summed E-state index contributed by atoms with van der Waals surface area (Å²) in [6, 6.07) is 10.5. The molecule has 0 N–H and O–H groups in total. The van der Waals surface area contributed by atoms with Crippen molar-refractivity contribution >= 4 is 40.2 Å². The molecule has 1 aromatic heterocycles. The van der Waals surface area contributed by atoms with Crippen molar-refractivity contribution in [2.75, 3.05) is 4.90 Å². The van der Waals surface area contributed by atoms with Gasteiger partial charge in [0.1, 0.15) is 6.04 Å². The van der Waals surface area contributed by atoms with Crippen LogP contribution in [0.2, 0.25) is 0 Å². The average Bonchev–Trinajstić information content (AvgIpc) is 3.44. The standard InChI is InChI=1S/C24H24N2O3S/c1-4-14(3)25-23(28)19-17-12-13(2)15-8-5-6-9-16(15)26(17)21(20(19)24(25)29)22(27)18-10-7-11-30-18/h5-12,14,17,19-21H,4H2,1-3H3. The number of rotatable bonds is 4. The largest absolute Gasteiger partial charge is 0.352 e. The van der Waals surface area contributed by atoms with Gasteiger partial charge in [-0.1, -0.05) is 37.3 Å². The SMILES string of the molecule is CCC(C)N1C(=O)C2C(C1=O)C(C(=O)c1cccs1)N1c3ccccc3C(C)=CC21. The number of anilines is 1. The lowest BCUT2D eigenvalue weighted by atomic mass is 9.86. The molecule has 0 saturated carbocycles. The van der Waals surface area contributed by atoms with Crippen LogP contribution >= 0.6 is 11.3 Å². The van der Waals surface area contributed by atoms with Crippen LogP contribution < -0.4 is 4.90 Å². The number of nitrogens with zero attached hydrogens (tertiary/aromatic N) is 2. The summed E-state index contributed by atoms with van der Waals surface area (Å²) in [5.41, 5.74) is 3.07. The highest BCUT2D eigenvalue weighted by atomic mass is 32.1. The van der Waals surface area contributed by atoms with Crippen molar-refractivity contribution in [1.82, 2.24) is 4.90 Å². The van der Waals surface area contributed by atoms with Gasteiger partial charge in [-0.2, -0.15) is 0 Å². The lowest BCUT2D eigenvalue weighted by molar-refractivity contribution is -0.142. The highest BCUT2D eigenvalue weighted by Gasteiger charge is 2.64. The summed E-state index contributed by atoms with van der Waals surface area (Å²) in [4.78, 5) is 44.8. The minimum absolute atomic E-state index is 0.0718. The van der Waals surface area contributed by atoms with Crippen molar-refractivity contribution < 1.29 is 14.4 Å². The van der Waals surface area contributed by atoms with E-state index in [2.05, 4.69) is 6.08 Å². The first-order valence-electron chi connectivity index (χ1n) is 10.5. The van der Waals surface area contributed by atoms with Gasteiger partial charge in [0.15, 0.2) is 5.78 Å². The molecule has 2 amide bonds. The normalized spacial score (nSPS) is 28.2. The summed E-state index contributed by atoms with van der Waals surface area (Å²) < 4.78 is 0. The van der Waals surface area contributed by atoms with E-state index in [9.17, 15) is 14.4 Å². The number of imide groups is 1. The highest BCUT2D eigenvalue weighted by molar-refractivity contribution is 7.12. The van der Waals surface area contributed by atoms with E-state index in [0.29, 0.717) is 11.3 Å². The number of fused-ring (bicyclic) bond motifs is 5. The van der Waals surface area contributed by atoms with E-state index in [-0.39, 0.29) is 29.7 Å². The maximum atomic E-state index is 13.7. The van der Waals surface area contributed by atoms with E-state index in [1.807, 2.05) is 61.4 Å². The molecule has 2 saturated heterocycles. The summed E-state index contributed by atoms with van der Waals surface area (Å²) in [5, 5.41) is 1.87. The van der Waals surface area contributed by atoms with Crippen LogP contribution in [0, 0.1) is 11.8 Å². The van der Waals surface area contributed by atoms with E-state index < -0.39 is 17.9 Å². The van der Waals surface area contributed by atoms with Crippen LogP contribution in [0.3, 0.4) is 0 Å². The van der Waals surface area contributed by atoms with Gasteiger partial charge in [-0.3, -0.25) is 19.3 Å². The van der Waals surface area contributed by atoms with E-state index in [1.165, 1.54) is 16.2 Å². The van der Waals surface area contributed by atoms with Gasteiger partial charge >= 0.3 is 0 Å². The molecule has 0 aliphatic carbocycles. The number of amides is 2. The molecule has 5 rings (SSSR count). The fourth-order valence-electron chi connectivity index (χ4n) is 5.30. The van der Waals surface area contributed by atoms with Crippen LogP contribution in [-0.2, 0) is 9.59 Å². The third-order valence-corrected chi connectivity index (χ3v) is 7.74. The second-order valence-electron chi connectivity index (χ2n) is 8.41. The Morgan fingerprint density at radius 1 is 1.10 bits per heavy atom. The Hall–Kier alpha value is -2.73. The highest BCUT2D eigenvalue weighted by Crippen LogP contribution is 2.50. The van der Waals surface area contributed by atoms with Gasteiger partial charge in [0.25, 0.3) is 0 Å². The van der Waals surface area contributed by atoms with Crippen LogP contribution in [0.1, 0.15) is 42.4 Å². The number of carbonyl (C=O) groups is 3. The summed E-state index contributed by atoms with van der Waals surface area (Å²) in [7, 11) is 0. The maximum Gasteiger partial charge on any atom is 0.236 e. The molecule has 5 unspecified atom stereocenters. The van der Waals surface area contributed by atoms with Crippen LogP contribution in [0.4, 0.5) is 5.69 Å². The summed E-state index contributed by atoms with van der Waals surface area (Å²) in [6.07, 6.45) is 2.78. The lowest BCUT2D eigenvalue weighted by Gasteiger charge is -2.38. The number of ketones is 1. The van der Waals surface area contributed by atoms with Crippen molar-refractivity contribution in [2.24, 2.45) is 11.8 Å². The first-order valence-corrected chi connectivity index (χ1v) is 11.3. The number of hydrogen-bond acceptors (Lipinski definition) is 5. The first kappa shape index (κ1) is 19.2. The van der Waals surface area contributed by atoms with Crippen LogP contribution in [-0.4, -0.2) is 40.6 Å². The van der Waals surface area contributed by atoms with E-state index in [1.54, 1.807) is 6.07 Å². The molecule has 0 spiro atoms. The number of carbonyl (C=O) groups excluding carboxylic acids is 3. The van der Waals surface area contributed by atoms with Crippen molar-refractivity contribution in [1.29, 1.82) is 0 Å². The van der Waals surface area contributed by atoms with Crippen LogP contribution in [0.5, 0.6) is 0 Å². The average molecular weight is 421 g/mol. The van der Waals surface area contributed by atoms with E-state index in [0.717, 1.165) is 16.8 Å². The Kier molecular flexibility index (Phi) is 4.43. The molecular weight excluding hydrogens is 396 g/mol. The Balaban J connectivity index is 1.69. The summed E-state index contributed by atoms with van der Waals surface area (Å²) in [6.45, 7) is 5.91. The monoisotopic (exact) mass is 420 g/mol. The number of Topliss-reactive ketones (excluding diaryl/α,β-unsaturated/α-hetero) is 1. The maximum absolute atomic E-state index is 13.7. The number of likely N-dealkylation sites (tertiary alicyclic amines) is 1. The number of thiophene rings is 1. The predicted octanol–water partition coefficient (Wildman–Crippen LogP) is 4.00. The minimum atomic E-state index is -0.672. The number of allylic oxidation sites excluding steroid dienone is 1. The quantitative estimate of drug-likeness (QED) is 0.554. The first-order chi connectivity index (χ1) is 14.5. The fourth-order valence-corrected chi connectivity index (χ4v) is 6.00. The molecule has 4 heterocycles. The molecule has 0 radical (unpaired) electrons. The van der Waals surface area contributed by atoms with Gasteiger partial charge in [-0.15, -0.1) is 11.3 Å². The molecule has 5 atom stereocenters. The number of para-hydroxylation sites is 1.